The Labute approximate surface area is 224 Å². The van der Waals surface area contributed by atoms with E-state index in [4.69, 9.17) is 19.2 Å². The third kappa shape index (κ3) is 6.47. The number of aromatic nitrogens is 3. The maximum atomic E-state index is 12.0. The first-order valence-electron chi connectivity index (χ1n) is 13.0. The summed E-state index contributed by atoms with van der Waals surface area (Å²) in [6.07, 6.45) is 6.36. The molecular weight excluding hydrogens is 506 g/mol. The molecule has 204 valence electrons. The maximum absolute atomic E-state index is 12.0. The first-order valence-corrected chi connectivity index (χ1v) is 14.9. The van der Waals surface area contributed by atoms with Crippen LogP contribution in [0.25, 0.3) is 22.3 Å². The fraction of sp³-hybridized carbons (Fsp3) is 0.519. The van der Waals surface area contributed by atoms with E-state index in [2.05, 4.69) is 39.1 Å². The zero-order valence-corrected chi connectivity index (χ0v) is 22.8. The first-order chi connectivity index (χ1) is 18.4. The highest BCUT2D eigenvalue weighted by molar-refractivity contribution is 7.88. The molecule has 10 nitrogen and oxygen atoms in total. The number of morpholine rings is 1. The monoisotopic (exact) mass is 541 g/mol. The molecule has 2 saturated heterocycles. The summed E-state index contributed by atoms with van der Waals surface area (Å²) in [6.45, 7) is 5.04. The Kier molecular flexibility index (Phi) is 8.49. The molecule has 4 heterocycles. The van der Waals surface area contributed by atoms with Gasteiger partial charge >= 0.3 is 0 Å². The molecule has 0 amide bonds. The lowest BCUT2D eigenvalue weighted by atomic mass is 9.89. The van der Waals surface area contributed by atoms with Gasteiger partial charge in [-0.05, 0) is 43.5 Å². The van der Waals surface area contributed by atoms with Gasteiger partial charge in [0.15, 0.2) is 5.52 Å². The van der Waals surface area contributed by atoms with Gasteiger partial charge < -0.3 is 19.1 Å². The number of benzene rings is 1. The van der Waals surface area contributed by atoms with Crippen LogP contribution in [-0.2, 0) is 19.5 Å². The fourth-order valence-corrected chi connectivity index (χ4v) is 5.94. The minimum Gasteiger partial charge on any atom is -0.473 e. The number of rotatable bonds is 9. The highest BCUT2D eigenvalue weighted by atomic mass is 32.2. The lowest BCUT2D eigenvalue weighted by molar-refractivity contribution is -0.0252. The first kappa shape index (κ1) is 26.9. The number of piperidine rings is 1. The maximum Gasteiger partial charge on any atom is 0.242 e. The number of hydrogen-bond donors (Lipinski definition) is 0. The zero-order valence-electron chi connectivity index (χ0n) is 22.0. The second-order valence-corrected chi connectivity index (χ2v) is 11.9. The number of nitrogens with zero attached hydrogens (tertiary/aromatic N) is 5. The molecule has 2 fully saturated rings. The van der Waals surface area contributed by atoms with Crippen LogP contribution in [0.1, 0.15) is 24.3 Å². The summed E-state index contributed by atoms with van der Waals surface area (Å²) in [6, 6.07) is 10.5. The molecular formula is C27H35N5O5S. The number of likely N-dealkylation sites (tertiary alicyclic amines) is 1. The van der Waals surface area contributed by atoms with E-state index in [1.807, 2.05) is 6.07 Å². The Bertz CT molecular complexity index is 1330. The van der Waals surface area contributed by atoms with Gasteiger partial charge in [-0.25, -0.2) is 18.4 Å². The van der Waals surface area contributed by atoms with Crippen LogP contribution in [-0.4, -0.2) is 105 Å². The highest BCUT2D eigenvalue weighted by Gasteiger charge is 2.27. The standard InChI is InChI=1S/C27H35N5O5S/c1-35-15-13-31-11-7-21(8-12-31)20-3-5-22(6-4-20)24-17-25-26(29-10-9-28-25)27(30-24)37-19-23-18-32(14-16-36-23)38(2,33)34/h3-6,9-10,17,21,23H,7-8,11-16,18-19H2,1-2H3/t23-/m0/s1. The average molecular weight is 542 g/mol. The smallest absolute Gasteiger partial charge is 0.242 e. The van der Waals surface area contributed by atoms with E-state index in [9.17, 15) is 8.42 Å². The summed E-state index contributed by atoms with van der Waals surface area (Å²) in [5, 5.41) is 0. The second-order valence-electron chi connectivity index (χ2n) is 9.89. The van der Waals surface area contributed by atoms with Gasteiger partial charge in [0.1, 0.15) is 12.7 Å². The molecule has 5 rings (SSSR count). The molecule has 3 aromatic rings. The molecule has 1 atom stereocenters. The van der Waals surface area contributed by atoms with E-state index in [0.717, 1.165) is 50.3 Å². The molecule has 0 bridgehead atoms. The lowest BCUT2D eigenvalue weighted by Gasteiger charge is -2.32. The van der Waals surface area contributed by atoms with Crippen molar-refractivity contribution in [2.45, 2.75) is 24.9 Å². The van der Waals surface area contributed by atoms with Gasteiger partial charge in [0.05, 0.1) is 30.7 Å². The van der Waals surface area contributed by atoms with Crippen LogP contribution in [0, 0.1) is 0 Å². The Morgan fingerprint density at radius 2 is 1.84 bits per heavy atom. The van der Waals surface area contributed by atoms with E-state index >= 15 is 0 Å². The van der Waals surface area contributed by atoms with Crippen molar-refractivity contribution in [2.24, 2.45) is 0 Å². The van der Waals surface area contributed by atoms with Crippen LogP contribution in [0.2, 0.25) is 0 Å². The van der Waals surface area contributed by atoms with Crippen molar-refractivity contribution in [2.75, 3.05) is 65.9 Å². The van der Waals surface area contributed by atoms with Crippen molar-refractivity contribution in [3.05, 3.63) is 48.3 Å². The third-order valence-corrected chi connectivity index (χ3v) is 8.55. The molecule has 0 unspecified atom stereocenters. The van der Waals surface area contributed by atoms with Gasteiger partial charge in [-0.3, -0.25) is 4.98 Å². The van der Waals surface area contributed by atoms with Crippen molar-refractivity contribution >= 4 is 21.1 Å². The van der Waals surface area contributed by atoms with Crippen LogP contribution in [0.15, 0.2) is 42.7 Å². The van der Waals surface area contributed by atoms with Crippen LogP contribution >= 0.6 is 0 Å². The predicted octanol–water partition coefficient (Wildman–Crippen LogP) is 2.56. The Balaban J connectivity index is 1.30. The topological polar surface area (TPSA) is 107 Å². The van der Waals surface area contributed by atoms with E-state index in [1.54, 1.807) is 19.5 Å². The van der Waals surface area contributed by atoms with Crippen LogP contribution in [0.3, 0.4) is 0 Å². The van der Waals surface area contributed by atoms with Crippen molar-refractivity contribution in [3.63, 3.8) is 0 Å². The molecule has 0 N–H and O–H groups in total. The minimum atomic E-state index is -3.29. The molecule has 0 radical (unpaired) electrons. The molecule has 2 aliphatic rings. The fourth-order valence-electron chi connectivity index (χ4n) is 5.09. The van der Waals surface area contributed by atoms with E-state index < -0.39 is 16.1 Å². The van der Waals surface area contributed by atoms with Crippen LogP contribution in [0.5, 0.6) is 5.88 Å². The summed E-state index contributed by atoms with van der Waals surface area (Å²) in [5.41, 5.74) is 4.31. The predicted molar refractivity (Wildman–Crippen MR) is 145 cm³/mol. The van der Waals surface area contributed by atoms with Crippen molar-refractivity contribution < 1.29 is 22.6 Å². The van der Waals surface area contributed by atoms with Crippen molar-refractivity contribution in [1.82, 2.24) is 24.2 Å². The number of pyridine rings is 1. The van der Waals surface area contributed by atoms with Gasteiger partial charge in [0, 0.05) is 44.7 Å². The van der Waals surface area contributed by atoms with Crippen LogP contribution < -0.4 is 4.74 Å². The summed E-state index contributed by atoms with van der Waals surface area (Å²) in [4.78, 5) is 16.1. The van der Waals surface area contributed by atoms with Crippen LogP contribution in [0.4, 0.5) is 0 Å². The van der Waals surface area contributed by atoms with Gasteiger partial charge in [-0.1, -0.05) is 24.3 Å². The normalized spacial score (nSPS) is 20.1. The SMILES string of the molecule is COCCN1CCC(c2ccc(-c3cc4nccnc4c(OC[C@@H]4CN(S(C)(=O)=O)CCO4)n3)cc2)CC1. The van der Waals surface area contributed by atoms with Gasteiger partial charge in [0.2, 0.25) is 15.9 Å². The molecule has 0 aliphatic carbocycles. The largest absolute Gasteiger partial charge is 0.473 e. The summed E-state index contributed by atoms with van der Waals surface area (Å²) in [7, 11) is -1.54. The minimum absolute atomic E-state index is 0.163. The number of hydrogen-bond acceptors (Lipinski definition) is 9. The Hall–Kier alpha value is -2.70. The van der Waals surface area contributed by atoms with E-state index in [0.29, 0.717) is 36.0 Å². The third-order valence-electron chi connectivity index (χ3n) is 7.28. The number of ether oxygens (including phenoxy) is 3. The summed E-state index contributed by atoms with van der Waals surface area (Å²) in [5.74, 6) is 0.914. The van der Waals surface area contributed by atoms with Crippen molar-refractivity contribution in [3.8, 4) is 17.1 Å². The summed E-state index contributed by atoms with van der Waals surface area (Å²) < 4.78 is 42.3. The number of methoxy groups -OCH3 is 1. The van der Waals surface area contributed by atoms with Gasteiger partial charge in [0.25, 0.3) is 0 Å². The molecule has 0 saturated carbocycles. The summed E-state index contributed by atoms with van der Waals surface area (Å²) >= 11 is 0. The van der Waals surface area contributed by atoms with Gasteiger partial charge in [-0.15, -0.1) is 0 Å². The average Bonchev–Trinajstić information content (AvgIpc) is 2.95. The second kappa shape index (κ2) is 12.0. The number of fused-ring (bicyclic) bond motifs is 1. The highest BCUT2D eigenvalue weighted by Crippen LogP contribution is 2.31. The quantitative estimate of drug-likeness (QED) is 0.404. The Morgan fingerprint density at radius 3 is 2.58 bits per heavy atom. The molecule has 2 aromatic heterocycles. The van der Waals surface area contributed by atoms with E-state index in [1.165, 1.54) is 16.1 Å². The van der Waals surface area contributed by atoms with Gasteiger partial charge in [-0.2, -0.15) is 4.31 Å². The zero-order chi connectivity index (χ0) is 26.5. The molecule has 38 heavy (non-hydrogen) atoms. The molecule has 11 heteroatoms. The Morgan fingerprint density at radius 1 is 1.08 bits per heavy atom. The van der Waals surface area contributed by atoms with E-state index in [-0.39, 0.29) is 13.2 Å². The van der Waals surface area contributed by atoms with Crippen molar-refractivity contribution in [1.29, 1.82) is 0 Å². The lowest BCUT2D eigenvalue weighted by Crippen LogP contribution is -2.47. The number of sulfonamides is 1. The molecule has 2 aliphatic heterocycles. The molecule has 1 aromatic carbocycles. The molecule has 0 spiro atoms.